The third-order valence-electron chi connectivity index (χ3n) is 2.83. The fourth-order valence-electron chi connectivity index (χ4n) is 1.80. The van der Waals surface area contributed by atoms with Gasteiger partial charge in [0.05, 0.1) is 12.6 Å². The van der Waals surface area contributed by atoms with Gasteiger partial charge in [-0.05, 0) is 38.1 Å². The van der Waals surface area contributed by atoms with E-state index < -0.39 is 6.09 Å². The van der Waals surface area contributed by atoms with Crippen molar-refractivity contribution in [1.82, 2.24) is 10.3 Å². The van der Waals surface area contributed by atoms with Gasteiger partial charge in [0.15, 0.2) is 0 Å². The Labute approximate surface area is 138 Å². The van der Waals surface area contributed by atoms with Crippen LogP contribution >= 0.6 is 11.3 Å². The van der Waals surface area contributed by atoms with Crippen LogP contribution in [0, 0.1) is 0 Å². The molecule has 0 aliphatic rings. The molecule has 1 aromatic heterocycles. The number of hydrogen-bond donors (Lipinski definition) is 3. The first kappa shape index (κ1) is 16.8. The first-order valence-electron chi connectivity index (χ1n) is 7.09. The average Bonchev–Trinajstić information content (AvgIpc) is 3.04. The molecule has 8 heteroatoms. The van der Waals surface area contributed by atoms with Crippen LogP contribution in [0.2, 0.25) is 0 Å². The van der Waals surface area contributed by atoms with Crippen molar-refractivity contribution in [2.45, 2.75) is 19.9 Å². The summed E-state index contributed by atoms with van der Waals surface area (Å²) >= 11 is 1.49. The second kappa shape index (κ2) is 8.14. The zero-order valence-electron chi connectivity index (χ0n) is 12.8. The quantitative estimate of drug-likeness (QED) is 0.779. The smallest absolute Gasteiger partial charge is 0.411 e. The van der Waals surface area contributed by atoms with Crippen LogP contribution < -0.4 is 16.0 Å². The third kappa shape index (κ3) is 5.26. The lowest BCUT2D eigenvalue weighted by Gasteiger charge is -2.12. The van der Waals surface area contributed by atoms with Crippen molar-refractivity contribution in [3.63, 3.8) is 0 Å². The van der Waals surface area contributed by atoms with Gasteiger partial charge in [-0.3, -0.25) is 5.32 Å². The van der Waals surface area contributed by atoms with Gasteiger partial charge < -0.3 is 15.4 Å². The molecule has 1 atom stereocenters. The second-order valence-electron chi connectivity index (χ2n) is 4.61. The molecule has 3 N–H and O–H groups in total. The molecule has 3 amide bonds. The SMILES string of the molecule is CCOC(=O)Nc1ccc(NC(=O)N[C@@H](C)c2nccs2)cc1. The Balaban J connectivity index is 1.85. The lowest BCUT2D eigenvalue weighted by molar-refractivity contribution is 0.168. The number of urea groups is 1. The molecule has 0 radical (unpaired) electrons. The van der Waals surface area contributed by atoms with Crippen LogP contribution in [0.4, 0.5) is 21.0 Å². The van der Waals surface area contributed by atoms with Crippen LogP contribution in [0.3, 0.4) is 0 Å². The summed E-state index contributed by atoms with van der Waals surface area (Å²) in [5.74, 6) is 0. The van der Waals surface area contributed by atoms with Crippen molar-refractivity contribution >= 4 is 34.8 Å². The normalized spacial score (nSPS) is 11.4. The molecule has 0 aliphatic carbocycles. The number of amides is 3. The molecule has 0 fully saturated rings. The van der Waals surface area contributed by atoms with Crippen molar-refractivity contribution in [1.29, 1.82) is 0 Å². The second-order valence-corrected chi connectivity index (χ2v) is 5.54. The molecule has 122 valence electrons. The van der Waals surface area contributed by atoms with Crippen molar-refractivity contribution in [3.05, 3.63) is 40.8 Å². The number of ether oxygens (including phenoxy) is 1. The summed E-state index contributed by atoms with van der Waals surface area (Å²) in [6.07, 6.45) is 1.19. The van der Waals surface area contributed by atoms with E-state index in [4.69, 9.17) is 4.74 Å². The highest BCUT2D eigenvalue weighted by Gasteiger charge is 2.11. The number of carbonyl (C=O) groups is 2. The maximum atomic E-state index is 11.9. The number of rotatable bonds is 5. The number of anilines is 2. The number of benzene rings is 1. The first-order chi connectivity index (χ1) is 11.1. The molecule has 2 rings (SSSR count). The van der Waals surface area contributed by atoms with E-state index in [0.717, 1.165) is 5.01 Å². The number of aromatic nitrogens is 1. The van der Waals surface area contributed by atoms with Crippen LogP contribution in [0.25, 0.3) is 0 Å². The van der Waals surface area contributed by atoms with Gasteiger partial charge >= 0.3 is 12.1 Å². The molecular weight excluding hydrogens is 316 g/mol. The summed E-state index contributed by atoms with van der Waals surface area (Å²) in [5.41, 5.74) is 1.20. The molecule has 23 heavy (non-hydrogen) atoms. The Kier molecular flexibility index (Phi) is 5.93. The molecule has 0 bridgehead atoms. The van der Waals surface area contributed by atoms with E-state index >= 15 is 0 Å². The summed E-state index contributed by atoms with van der Waals surface area (Å²) < 4.78 is 4.78. The molecule has 2 aromatic rings. The van der Waals surface area contributed by atoms with Gasteiger partial charge in [-0.15, -0.1) is 11.3 Å². The van der Waals surface area contributed by atoms with Gasteiger partial charge in [-0.25, -0.2) is 14.6 Å². The minimum Gasteiger partial charge on any atom is -0.450 e. The lowest BCUT2D eigenvalue weighted by Crippen LogP contribution is -2.31. The number of carbonyl (C=O) groups excluding carboxylic acids is 2. The van der Waals surface area contributed by atoms with Crippen LogP contribution in [-0.2, 0) is 4.74 Å². The van der Waals surface area contributed by atoms with Crippen LogP contribution in [0.15, 0.2) is 35.8 Å². The van der Waals surface area contributed by atoms with Crippen molar-refractivity contribution < 1.29 is 14.3 Å². The van der Waals surface area contributed by atoms with E-state index in [9.17, 15) is 9.59 Å². The third-order valence-corrected chi connectivity index (χ3v) is 3.79. The first-order valence-corrected chi connectivity index (χ1v) is 7.97. The minimum atomic E-state index is -0.511. The van der Waals surface area contributed by atoms with Gasteiger partial charge in [0, 0.05) is 23.0 Å². The van der Waals surface area contributed by atoms with Crippen molar-refractivity contribution in [3.8, 4) is 0 Å². The Morgan fingerprint density at radius 1 is 1.22 bits per heavy atom. The fourth-order valence-corrected chi connectivity index (χ4v) is 2.44. The Morgan fingerprint density at radius 3 is 2.43 bits per heavy atom. The standard InChI is InChI=1S/C15H18N4O3S/c1-3-22-15(21)19-12-6-4-11(5-7-12)18-14(20)17-10(2)13-16-8-9-23-13/h4-10H,3H2,1-2H3,(H,19,21)(H2,17,18,20)/t10-/m0/s1. The maximum Gasteiger partial charge on any atom is 0.411 e. The fraction of sp³-hybridized carbons (Fsp3) is 0.267. The van der Waals surface area contributed by atoms with Gasteiger partial charge in [0.2, 0.25) is 0 Å². The maximum absolute atomic E-state index is 11.9. The Morgan fingerprint density at radius 2 is 1.87 bits per heavy atom. The highest BCUT2D eigenvalue weighted by atomic mass is 32.1. The summed E-state index contributed by atoms with van der Waals surface area (Å²) in [5, 5.41) is 10.8. The lowest BCUT2D eigenvalue weighted by atomic mass is 10.3. The molecule has 7 nitrogen and oxygen atoms in total. The topological polar surface area (TPSA) is 92.4 Å². The molecule has 0 aliphatic heterocycles. The number of nitrogens with zero attached hydrogens (tertiary/aromatic N) is 1. The predicted octanol–water partition coefficient (Wildman–Crippen LogP) is 3.59. The van der Waals surface area contributed by atoms with Gasteiger partial charge in [0.25, 0.3) is 0 Å². The number of nitrogens with one attached hydrogen (secondary N) is 3. The van der Waals surface area contributed by atoms with E-state index in [-0.39, 0.29) is 12.1 Å². The molecule has 1 aromatic carbocycles. The Hall–Kier alpha value is -2.61. The Bertz CT molecular complexity index is 643. The zero-order valence-corrected chi connectivity index (χ0v) is 13.6. The van der Waals surface area contributed by atoms with E-state index in [1.165, 1.54) is 11.3 Å². The van der Waals surface area contributed by atoms with E-state index in [0.29, 0.717) is 18.0 Å². The highest BCUT2D eigenvalue weighted by molar-refractivity contribution is 7.09. The molecule has 0 unspecified atom stereocenters. The summed E-state index contributed by atoms with van der Waals surface area (Å²) in [6, 6.07) is 6.25. The predicted molar refractivity (Wildman–Crippen MR) is 89.8 cm³/mol. The van der Waals surface area contributed by atoms with E-state index in [1.807, 2.05) is 12.3 Å². The van der Waals surface area contributed by atoms with E-state index in [1.54, 1.807) is 37.4 Å². The molecule has 0 spiro atoms. The molecular formula is C15H18N4O3S. The van der Waals surface area contributed by atoms with E-state index in [2.05, 4.69) is 20.9 Å². The van der Waals surface area contributed by atoms with Crippen LogP contribution in [-0.4, -0.2) is 23.7 Å². The summed E-state index contributed by atoms with van der Waals surface area (Å²) in [7, 11) is 0. The van der Waals surface area contributed by atoms with Crippen LogP contribution in [0.1, 0.15) is 24.9 Å². The number of thiazole rings is 1. The van der Waals surface area contributed by atoms with Crippen molar-refractivity contribution in [2.24, 2.45) is 0 Å². The zero-order chi connectivity index (χ0) is 16.7. The molecule has 0 saturated heterocycles. The monoisotopic (exact) mass is 334 g/mol. The molecule has 0 saturated carbocycles. The minimum absolute atomic E-state index is 0.167. The number of hydrogen-bond acceptors (Lipinski definition) is 5. The average molecular weight is 334 g/mol. The summed E-state index contributed by atoms with van der Waals surface area (Å²) in [4.78, 5) is 27.4. The van der Waals surface area contributed by atoms with Gasteiger partial charge in [-0.1, -0.05) is 0 Å². The van der Waals surface area contributed by atoms with Crippen molar-refractivity contribution in [2.75, 3.05) is 17.2 Å². The van der Waals surface area contributed by atoms with Gasteiger partial charge in [-0.2, -0.15) is 0 Å². The highest BCUT2D eigenvalue weighted by Crippen LogP contribution is 2.16. The molecule has 1 heterocycles. The summed E-state index contributed by atoms with van der Waals surface area (Å²) in [6.45, 7) is 3.91. The largest absolute Gasteiger partial charge is 0.450 e. The van der Waals surface area contributed by atoms with Crippen LogP contribution in [0.5, 0.6) is 0 Å². The van der Waals surface area contributed by atoms with Gasteiger partial charge in [0.1, 0.15) is 5.01 Å².